The van der Waals surface area contributed by atoms with Crippen LogP contribution < -0.4 is 16.8 Å². The number of halogens is 2. The quantitative estimate of drug-likeness (QED) is 0.148. The molecule has 7 N–H and O–H groups in total. The van der Waals surface area contributed by atoms with Gasteiger partial charge in [0.15, 0.2) is 0 Å². The number of aliphatic carboxylic acids is 1. The van der Waals surface area contributed by atoms with Crippen LogP contribution in [-0.2, 0) is 20.8 Å². The highest BCUT2D eigenvalue weighted by Gasteiger charge is 2.38. The van der Waals surface area contributed by atoms with Crippen LogP contribution in [0.25, 0.3) is 5.69 Å². The van der Waals surface area contributed by atoms with Crippen LogP contribution in [0.1, 0.15) is 69.3 Å². The van der Waals surface area contributed by atoms with Crippen LogP contribution in [0.5, 0.6) is 0 Å². The molecule has 11 nitrogen and oxygen atoms in total. The molecule has 0 fully saturated rings. The Bertz CT molecular complexity index is 1480. The third-order valence-electron chi connectivity index (χ3n) is 7.64. The first-order valence-electron chi connectivity index (χ1n) is 15.2. The summed E-state index contributed by atoms with van der Waals surface area (Å²) in [5, 5.41) is 26.7. The van der Waals surface area contributed by atoms with E-state index in [4.69, 9.17) is 11.5 Å². The topological polar surface area (TPSA) is 177 Å². The molecular weight excluding hydrogens is 598 g/mol. The zero-order valence-electron chi connectivity index (χ0n) is 26.5. The van der Waals surface area contributed by atoms with E-state index in [2.05, 4.69) is 10.4 Å². The van der Waals surface area contributed by atoms with Crippen LogP contribution in [0.4, 0.5) is 8.78 Å². The van der Waals surface area contributed by atoms with Crippen molar-refractivity contribution in [3.8, 4) is 5.69 Å². The number of nitrogens with one attached hydrogen (secondary N) is 1. The largest absolute Gasteiger partial charge is 0.480 e. The molecule has 46 heavy (non-hydrogen) atoms. The average molecular weight is 643 g/mol. The van der Waals surface area contributed by atoms with Crippen LogP contribution in [-0.4, -0.2) is 74.5 Å². The highest BCUT2D eigenvalue weighted by molar-refractivity contribution is 5.86. The van der Waals surface area contributed by atoms with Gasteiger partial charge in [0.05, 0.1) is 17.8 Å². The molecule has 3 atom stereocenters. The Hall–Kier alpha value is -4.20. The molecule has 3 rings (SSSR count). The number of carbonyl (C=O) groups is 3. The molecule has 0 saturated heterocycles. The van der Waals surface area contributed by atoms with Crippen LogP contribution in [0.15, 0.2) is 54.7 Å². The van der Waals surface area contributed by atoms with Crippen molar-refractivity contribution in [2.75, 3.05) is 19.7 Å². The lowest BCUT2D eigenvalue weighted by molar-refractivity contribution is -0.142. The van der Waals surface area contributed by atoms with Crippen molar-refractivity contribution < 1.29 is 33.4 Å². The van der Waals surface area contributed by atoms with Gasteiger partial charge < -0.3 is 31.9 Å². The smallest absolute Gasteiger partial charge is 0.326 e. The summed E-state index contributed by atoms with van der Waals surface area (Å²) < 4.78 is 30.3. The van der Waals surface area contributed by atoms with Crippen molar-refractivity contribution in [3.63, 3.8) is 0 Å². The fraction of sp³-hybridized carbons (Fsp3) is 0.455. The van der Waals surface area contributed by atoms with E-state index >= 15 is 0 Å². The number of nitrogens with two attached hydrogens (primary N) is 2. The van der Waals surface area contributed by atoms with Gasteiger partial charge in [-0.1, -0.05) is 51.1 Å². The summed E-state index contributed by atoms with van der Waals surface area (Å²) in [6.07, 6.45) is 3.18. The SMILES string of the molecule is CC(C)(C)[C@H](c1nn(-c2cc(F)ccc2F)cc1Cc1ccccc1)N(CC[C@H](N)C(=O)N[C@@H](CCCCN)C(=O)O)C(=O)CO. The average Bonchev–Trinajstić information content (AvgIpc) is 3.41. The number of amides is 2. The molecule has 0 aliphatic carbocycles. The maximum absolute atomic E-state index is 14.9. The van der Waals surface area contributed by atoms with Gasteiger partial charge in [0.1, 0.15) is 30.0 Å². The molecule has 0 unspecified atom stereocenters. The number of aliphatic hydroxyl groups is 1. The lowest BCUT2D eigenvalue weighted by Gasteiger charge is -2.40. The predicted octanol–water partition coefficient (Wildman–Crippen LogP) is 3.07. The highest BCUT2D eigenvalue weighted by Crippen LogP contribution is 2.40. The normalized spacial score (nSPS) is 13.6. The van der Waals surface area contributed by atoms with E-state index in [1.165, 1.54) is 9.58 Å². The summed E-state index contributed by atoms with van der Waals surface area (Å²) in [7, 11) is 0. The molecule has 1 aromatic heterocycles. The summed E-state index contributed by atoms with van der Waals surface area (Å²) in [6, 6.07) is 9.34. The Morgan fingerprint density at radius 3 is 2.37 bits per heavy atom. The number of carbonyl (C=O) groups excluding carboxylic acids is 2. The zero-order chi connectivity index (χ0) is 34.0. The van der Waals surface area contributed by atoms with Gasteiger partial charge in [0, 0.05) is 30.8 Å². The maximum atomic E-state index is 14.9. The summed E-state index contributed by atoms with van der Waals surface area (Å²) in [5.41, 5.74) is 12.8. The lowest BCUT2D eigenvalue weighted by atomic mass is 9.81. The van der Waals surface area contributed by atoms with Crippen molar-refractivity contribution in [3.05, 3.63) is 83.2 Å². The van der Waals surface area contributed by atoms with Gasteiger partial charge >= 0.3 is 5.97 Å². The molecule has 2 aromatic carbocycles. The molecule has 0 aliphatic rings. The van der Waals surface area contributed by atoms with Crippen molar-refractivity contribution in [1.82, 2.24) is 20.0 Å². The monoisotopic (exact) mass is 642 g/mol. The Morgan fingerprint density at radius 2 is 1.76 bits per heavy atom. The molecule has 2 amide bonds. The lowest BCUT2D eigenvalue weighted by Crippen LogP contribution is -2.50. The van der Waals surface area contributed by atoms with Crippen molar-refractivity contribution in [1.29, 1.82) is 0 Å². The number of benzene rings is 2. The first-order chi connectivity index (χ1) is 21.8. The number of hydrogen-bond acceptors (Lipinski definition) is 7. The minimum atomic E-state index is -1.20. The van der Waals surface area contributed by atoms with E-state index in [0.717, 1.165) is 23.8 Å². The minimum Gasteiger partial charge on any atom is -0.480 e. The third-order valence-corrected chi connectivity index (χ3v) is 7.64. The van der Waals surface area contributed by atoms with E-state index in [9.17, 15) is 33.4 Å². The Kier molecular flexibility index (Phi) is 12.9. The summed E-state index contributed by atoms with van der Waals surface area (Å²) in [5.74, 6) is -3.90. The van der Waals surface area contributed by atoms with Gasteiger partial charge in [-0.3, -0.25) is 9.59 Å². The van der Waals surface area contributed by atoms with Gasteiger partial charge in [-0.15, -0.1) is 0 Å². The van der Waals surface area contributed by atoms with Gasteiger partial charge in [-0.25, -0.2) is 18.3 Å². The van der Waals surface area contributed by atoms with Gasteiger partial charge in [-0.05, 0) is 55.3 Å². The van der Waals surface area contributed by atoms with Crippen molar-refractivity contribution in [2.24, 2.45) is 16.9 Å². The zero-order valence-corrected chi connectivity index (χ0v) is 26.5. The van der Waals surface area contributed by atoms with E-state index < -0.39 is 59.6 Å². The molecule has 0 aliphatic heterocycles. The number of aromatic nitrogens is 2. The molecule has 13 heteroatoms. The first-order valence-corrected chi connectivity index (χ1v) is 15.2. The number of aliphatic hydroxyl groups excluding tert-OH is 1. The Balaban J connectivity index is 2.00. The second kappa shape index (κ2) is 16.4. The van der Waals surface area contributed by atoms with E-state index in [1.807, 2.05) is 51.1 Å². The molecule has 3 aromatic rings. The van der Waals surface area contributed by atoms with Crippen LogP contribution >= 0.6 is 0 Å². The predicted molar refractivity (Wildman–Crippen MR) is 169 cm³/mol. The number of carboxylic acids is 1. The first kappa shape index (κ1) is 36.3. The maximum Gasteiger partial charge on any atom is 0.326 e. The molecule has 0 saturated carbocycles. The van der Waals surface area contributed by atoms with Crippen LogP contribution in [0.3, 0.4) is 0 Å². The number of rotatable bonds is 16. The van der Waals surface area contributed by atoms with Crippen LogP contribution in [0, 0.1) is 17.0 Å². The standard InChI is InChI=1S/C33H44F2N6O5/c1-33(2,3)30(40(28(43)20-42)16-14-25(37)31(44)38-26(32(45)46)11-7-8-15-36)29-22(17-21-9-5-4-6-10-21)19-41(39-29)27-18-23(34)12-13-24(27)35/h4-6,9-10,12-13,18-19,25-26,30,42H,7-8,11,14-17,20,36-37H2,1-3H3,(H,38,44)(H,45,46)/t25-,26-,30-/m0/s1. The summed E-state index contributed by atoms with van der Waals surface area (Å²) >= 11 is 0. The Labute approximate surface area is 267 Å². The third kappa shape index (κ3) is 9.65. The minimum absolute atomic E-state index is 0.0630. The van der Waals surface area contributed by atoms with Crippen molar-refractivity contribution >= 4 is 17.8 Å². The summed E-state index contributed by atoms with van der Waals surface area (Å²) in [6.45, 7) is 5.07. The van der Waals surface area contributed by atoms with Crippen LogP contribution in [0.2, 0.25) is 0 Å². The fourth-order valence-electron chi connectivity index (χ4n) is 5.34. The Morgan fingerprint density at radius 1 is 1.07 bits per heavy atom. The van der Waals surface area contributed by atoms with E-state index in [0.29, 0.717) is 37.1 Å². The van der Waals surface area contributed by atoms with Gasteiger partial charge in [-0.2, -0.15) is 5.10 Å². The number of unbranched alkanes of at least 4 members (excludes halogenated alkanes) is 1. The molecule has 250 valence electrons. The van der Waals surface area contributed by atoms with Crippen molar-refractivity contribution in [2.45, 2.75) is 71.0 Å². The van der Waals surface area contributed by atoms with Gasteiger partial charge in [0.2, 0.25) is 11.8 Å². The summed E-state index contributed by atoms with van der Waals surface area (Å²) in [4.78, 5) is 39.3. The fourth-order valence-corrected chi connectivity index (χ4v) is 5.34. The molecular formula is C33H44F2N6O5. The molecule has 0 radical (unpaired) electrons. The second-order valence-electron chi connectivity index (χ2n) is 12.3. The highest BCUT2D eigenvalue weighted by atomic mass is 19.1. The number of carboxylic acid groups (broad SMARTS) is 1. The molecule has 0 spiro atoms. The number of nitrogens with zero attached hydrogens (tertiary/aromatic N) is 3. The van der Waals surface area contributed by atoms with E-state index in [1.54, 1.807) is 6.20 Å². The number of hydrogen-bond donors (Lipinski definition) is 5. The van der Waals surface area contributed by atoms with Gasteiger partial charge in [0.25, 0.3) is 0 Å². The van der Waals surface area contributed by atoms with E-state index in [-0.39, 0.29) is 25.1 Å². The molecule has 1 heterocycles. The molecule has 0 bridgehead atoms. The second-order valence-corrected chi connectivity index (χ2v) is 12.3.